The van der Waals surface area contributed by atoms with Gasteiger partial charge in [-0.15, -0.1) is 0 Å². The molecule has 0 spiro atoms. The van der Waals surface area contributed by atoms with Crippen LogP contribution in [0.5, 0.6) is 0 Å². The van der Waals surface area contributed by atoms with Gasteiger partial charge < -0.3 is 4.74 Å². The van der Waals surface area contributed by atoms with Gasteiger partial charge in [0.1, 0.15) is 0 Å². The lowest BCUT2D eigenvalue weighted by Crippen LogP contribution is -1.94. The fraction of sp³-hybridized carbons (Fsp3) is 0.500. The van der Waals surface area contributed by atoms with Crippen molar-refractivity contribution in [2.24, 2.45) is 0 Å². The Bertz CT molecular complexity index is 179. The first-order valence-electron chi connectivity index (χ1n) is 3.52. The highest BCUT2D eigenvalue weighted by molar-refractivity contribution is 5.69. The molecule has 0 aromatic rings. The highest BCUT2D eigenvalue weighted by Gasteiger charge is 1.91. The van der Waals surface area contributed by atoms with E-state index in [0.717, 1.165) is 0 Å². The Morgan fingerprint density at radius 1 is 1.73 bits per heavy atom. The third kappa shape index (κ3) is 6.59. The number of ether oxygens (including phenoxy) is 1. The molecule has 0 N–H and O–H groups in total. The zero-order valence-corrected chi connectivity index (χ0v) is 6.54. The van der Waals surface area contributed by atoms with Crippen molar-refractivity contribution in [3.05, 3.63) is 12.3 Å². The van der Waals surface area contributed by atoms with Crippen molar-refractivity contribution in [1.29, 1.82) is 5.26 Å². The number of allylic oxidation sites excluding steroid dienone is 1. The summed E-state index contributed by atoms with van der Waals surface area (Å²) < 4.78 is 4.61. The van der Waals surface area contributed by atoms with Crippen LogP contribution in [-0.2, 0) is 9.53 Å². The standard InChI is InChI=1S/C8H11NO2/c1-2-8(10)11-7-5-3-4-6-9/h5,7H,2-4H2,1H3. The van der Waals surface area contributed by atoms with Crippen LogP contribution in [0.15, 0.2) is 12.3 Å². The first-order valence-corrected chi connectivity index (χ1v) is 3.52. The van der Waals surface area contributed by atoms with E-state index in [2.05, 4.69) is 4.74 Å². The van der Waals surface area contributed by atoms with Crippen molar-refractivity contribution in [1.82, 2.24) is 0 Å². The maximum Gasteiger partial charge on any atom is 0.310 e. The molecule has 0 amide bonds. The lowest BCUT2D eigenvalue weighted by Gasteiger charge is -1.91. The van der Waals surface area contributed by atoms with Crippen LogP contribution in [0.25, 0.3) is 0 Å². The average molecular weight is 153 g/mol. The molecule has 3 nitrogen and oxygen atoms in total. The molecule has 0 unspecified atom stereocenters. The molecule has 3 heteroatoms. The number of carbonyl (C=O) groups excluding carboxylic acids is 1. The van der Waals surface area contributed by atoms with Gasteiger partial charge in [0.15, 0.2) is 0 Å². The highest BCUT2D eigenvalue weighted by Crippen LogP contribution is 1.90. The van der Waals surface area contributed by atoms with Gasteiger partial charge in [-0.25, -0.2) is 0 Å². The average Bonchev–Trinajstić information content (AvgIpc) is 2.04. The number of nitriles is 1. The molecule has 0 bridgehead atoms. The lowest BCUT2D eigenvalue weighted by molar-refractivity contribution is -0.137. The molecule has 0 aromatic heterocycles. The van der Waals surface area contributed by atoms with Crippen LogP contribution in [0.3, 0.4) is 0 Å². The highest BCUT2D eigenvalue weighted by atomic mass is 16.5. The molecule has 60 valence electrons. The van der Waals surface area contributed by atoms with E-state index in [1.807, 2.05) is 6.07 Å². The number of hydrogen-bond donors (Lipinski definition) is 0. The molecule has 0 aliphatic carbocycles. The van der Waals surface area contributed by atoms with E-state index in [1.165, 1.54) is 6.26 Å². The molecule has 0 saturated carbocycles. The van der Waals surface area contributed by atoms with Gasteiger partial charge in [0.2, 0.25) is 0 Å². The fourth-order valence-electron chi connectivity index (χ4n) is 0.423. The first-order chi connectivity index (χ1) is 5.31. The maximum absolute atomic E-state index is 10.5. The van der Waals surface area contributed by atoms with Gasteiger partial charge in [-0.05, 0) is 12.5 Å². The molecule has 11 heavy (non-hydrogen) atoms. The molecule has 0 rings (SSSR count). The first kappa shape index (κ1) is 9.70. The molecule has 0 aromatic carbocycles. The summed E-state index contributed by atoms with van der Waals surface area (Å²) in [6.45, 7) is 1.73. The van der Waals surface area contributed by atoms with Crippen LogP contribution < -0.4 is 0 Å². The smallest absolute Gasteiger partial charge is 0.310 e. The van der Waals surface area contributed by atoms with E-state index < -0.39 is 0 Å². The lowest BCUT2D eigenvalue weighted by atomic mass is 10.3. The molecule has 0 atom stereocenters. The van der Waals surface area contributed by atoms with Crippen molar-refractivity contribution in [2.75, 3.05) is 0 Å². The molecular formula is C8H11NO2. The summed E-state index contributed by atoms with van der Waals surface area (Å²) in [5.74, 6) is -0.252. The quantitative estimate of drug-likeness (QED) is 0.351. The second-order valence-corrected chi connectivity index (χ2v) is 1.91. The summed E-state index contributed by atoms with van der Waals surface area (Å²) in [6.07, 6.45) is 4.47. The topological polar surface area (TPSA) is 50.1 Å². The second kappa shape index (κ2) is 6.81. The molecular weight excluding hydrogens is 142 g/mol. The monoisotopic (exact) mass is 153 g/mol. The minimum absolute atomic E-state index is 0.252. The molecule has 0 heterocycles. The normalized spacial score (nSPS) is 9.45. The minimum atomic E-state index is -0.252. The van der Waals surface area contributed by atoms with Crippen LogP contribution in [0.1, 0.15) is 26.2 Å². The van der Waals surface area contributed by atoms with E-state index in [1.54, 1.807) is 13.0 Å². The predicted octanol–water partition coefficient (Wildman–Crippen LogP) is 1.76. The number of nitrogens with zero attached hydrogens (tertiary/aromatic N) is 1. The van der Waals surface area contributed by atoms with Crippen molar-refractivity contribution in [3.63, 3.8) is 0 Å². The van der Waals surface area contributed by atoms with Crippen LogP contribution in [0.2, 0.25) is 0 Å². The fourth-order valence-corrected chi connectivity index (χ4v) is 0.423. The molecule has 0 fully saturated rings. The Morgan fingerprint density at radius 2 is 2.45 bits per heavy atom. The summed E-state index contributed by atoms with van der Waals surface area (Å²) >= 11 is 0. The zero-order chi connectivity index (χ0) is 8.53. The molecule has 0 aliphatic heterocycles. The Kier molecular flexibility index (Phi) is 6.01. The summed E-state index contributed by atoms with van der Waals surface area (Å²) in [4.78, 5) is 10.5. The maximum atomic E-state index is 10.5. The van der Waals surface area contributed by atoms with Crippen LogP contribution in [0.4, 0.5) is 0 Å². The third-order valence-electron chi connectivity index (χ3n) is 1.01. The summed E-state index contributed by atoms with van der Waals surface area (Å²) in [6, 6.07) is 1.98. The number of hydrogen-bond acceptors (Lipinski definition) is 3. The zero-order valence-electron chi connectivity index (χ0n) is 6.54. The molecule has 0 radical (unpaired) electrons. The largest absolute Gasteiger partial charge is 0.435 e. The SMILES string of the molecule is CCC(=O)OC=CCCC#N. The Labute approximate surface area is 66.3 Å². The van der Waals surface area contributed by atoms with Crippen LogP contribution >= 0.6 is 0 Å². The van der Waals surface area contributed by atoms with E-state index in [-0.39, 0.29) is 5.97 Å². The van der Waals surface area contributed by atoms with Gasteiger partial charge in [-0.3, -0.25) is 4.79 Å². The van der Waals surface area contributed by atoms with E-state index in [9.17, 15) is 4.79 Å². The number of unbranched alkanes of at least 4 members (excludes halogenated alkanes) is 1. The summed E-state index contributed by atoms with van der Waals surface area (Å²) in [7, 11) is 0. The Balaban J connectivity index is 3.31. The number of carbonyl (C=O) groups is 1. The molecule has 0 saturated heterocycles. The summed E-state index contributed by atoms with van der Waals surface area (Å²) in [5, 5.41) is 8.13. The molecule has 0 aliphatic rings. The third-order valence-corrected chi connectivity index (χ3v) is 1.01. The van der Waals surface area contributed by atoms with Crippen molar-refractivity contribution >= 4 is 5.97 Å². The Morgan fingerprint density at radius 3 is 3.00 bits per heavy atom. The number of esters is 1. The van der Waals surface area contributed by atoms with Crippen LogP contribution in [0, 0.1) is 11.3 Å². The van der Waals surface area contributed by atoms with Gasteiger partial charge in [0.05, 0.1) is 12.3 Å². The van der Waals surface area contributed by atoms with Crippen LogP contribution in [-0.4, -0.2) is 5.97 Å². The van der Waals surface area contributed by atoms with Gasteiger partial charge >= 0.3 is 5.97 Å². The predicted molar refractivity (Wildman–Crippen MR) is 40.4 cm³/mol. The summed E-state index contributed by atoms with van der Waals surface area (Å²) in [5.41, 5.74) is 0. The minimum Gasteiger partial charge on any atom is -0.435 e. The van der Waals surface area contributed by atoms with Crippen molar-refractivity contribution in [3.8, 4) is 6.07 Å². The van der Waals surface area contributed by atoms with Gasteiger partial charge in [0.25, 0.3) is 0 Å². The van der Waals surface area contributed by atoms with Crippen molar-refractivity contribution in [2.45, 2.75) is 26.2 Å². The second-order valence-electron chi connectivity index (χ2n) is 1.91. The Hall–Kier alpha value is -1.30. The van der Waals surface area contributed by atoms with E-state index in [4.69, 9.17) is 5.26 Å². The van der Waals surface area contributed by atoms with Gasteiger partial charge in [-0.1, -0.05) is 6.92 Å². The van der Waals surface area contributed by atoms with Gasteiger partial charge in [0, 0.05) is 12.8 Å². The van der Waals surface area contributed by atoms with Gasteiger partial charge in [-0.2, -0.15) is 5.26 Å². The van der Waals surface area contributed by atoms with Crippen molar-refractivity contribution < 1.29 is 9.53 Å². The van der Waals surface area contributed by atoms with E-state index >= 15 is 0 Å². The van der Waals surface area contributed by atoms with E-state index in [0.29, 0.717) is 19.3 Å². The number of rotatable bonds is 4.